The van der Waals surface area contributed by atoms with Crippen LogP contribution in [-0.4, -0.2) is 16.6 Å². The topological polar surface area (TPSA) is 58.7 Å². The molecule has 0 bridgehead atoms. The zero-order chi connectivity index (χ0) is 6.41. The monoisotopic (exact) mass is 118 g/mol. The van der Waals surface area contributed by atoms with Gasteiger partial charge in [-0.05, 0) is 0 Å². The van der Waals surface area contributed by atoms with Crippen LogP contribution in [0.4, 0.5) is 0 Å². The smallest absolute Gasteiger partial charge is 0.197 e. The normalized spacial score (nSPS) is 11.9. The highest BCUT2D eigenvalue weighted by Crippen LogP contribution is 1.85. The molecule has 0 aromatic rings. The van der Waals surface area contributed by atoms with Crippen molar-refractivity contribution in [1.82, 2.24) is 0 Å². The lowest BCUT2D eigenvalue weighted by atomic mass is 10.3. The zero-order valence-corrected chi connectivity index (χ0v) is 4.87. The Kier molecular flexibility index (Phi) is 3.93. The second kappa shape index (κ2) is 4.36. The minimum atomic E-state index is 0.267. The highest BCUT2D eigenvalue weighted by atomic mass is 16.6. The summed E-state index contributed by atoms with van der Waals surface area (Å²) in [6.07, 6.45) is 1.71. The van der Waals surface area contributed by atoms with E-state index in [0.717, 1.165) is 12.8 Å². The zero-order valence-electron chi connectivity index (χ0n) is 4.87. The van der Waals surface area contributed by atoms with Gasteiger partial charge in [0, 0.05) is 6.42 Å². The summed E-state index contributed by atoms with van der Waals surface area (Å²) in [6.45, 7) is 2.25. The Balaban J connectivity index is 3.12. The van der Waals surface area contributed by atoms with Gasteiger partial charge < -0.3 is 10.4 Å². The van der Waals surface area contributed by atoms with E-state index in [2.05, 4.69) is 5.28 Å². The van der Waals surface area contributed by atoms with Crippen LogP contribution in [0.25, 0.3) is 0 Å². The maximum absolute atomic E-state index is 10.1. The van der Waals surface area contributed by atoms with Crippen LogP contribution in [-0.2, 0) is 0 Å². The van der Waals surface area contributed by atoms with Crippen molar-refractivity contribution in [3.63, 3.8) is 0 Å². The highest BCUT2D eigenvalue weighted by Gasteiger charge is 1.90. The molecule has 0 amide bonds. The van der Waals surface area contributed by atoms with Crippen molar-refractivity contribution in [2.75, 3.05) is 6.54 Å². The van der Waals surface area contributed by atoms with Crippen LogP contribution in [0.1, 0.15) is 19.8 Å². The Labute approximate surface area is 48.0 Å². The molecule has 0 heterocycles. The molecule has 0 saturated carbocycles. The first-order valence-electron chi connectivity index (χ1n) is 2.61. The molecule has 4 nitrogen and oxygen atoms in total. The van der Waals surface area contributed by atoms with E-state index in [0.29, 0.717) is 0 Å². The van der Waals surface area contributed by atoms with Gasteiger partial charge in [-0.25, -0.2) is 0 Å². The summed E-state index contributed by atoms with van der Waals surface area (Å²) in [5.41, 5.74) is 0. The average molecular weight is 118 g/mol. The van der Waals surface area contributed by atoms with Gasteiger partial charge in [-0.1, -0.05) is 18.2 Å². The third-order valence-electron chi connectivity index (χ3n) is 0.803. The van der Waals surface area contributed by atoms with Crippen LogP contribution >= 0.6 is 0 Å². The van der Waals surface area contributed by atoms with Gasteiger partial charge in [-0.3, -0.25) is 0 Å². The number of hydrogen-bond acceptors (Lipinski definition) is 2. The van der Waals surface area contributed by atoms with Crippen molar-refractivity contribution in [1.29, 1.82) is 0 Å². The molecule has 0 fully saturated rings. The molecule has 1 N–H and O–H groups in total. The first-order valence-corrected chi connectivity index (χ1v) is 2.61. The molecule has 0 unspecified atom stereocenters. The fraction of sp³-hybridized carbons (Fsp3) is 1.00. The molecular formula is C4H10N2O2. The molecule has 0 spiro atoms. The SMILES string of the molecule is CCCC/[N+]([O-])=N/O. The minimum Gasteiger partial charge on any atom is -0.597 e. The molecule has 0 aromatic carbocycles. The lowest BCUT2D eigenvalue weighted by molar-refractivity contribution is -0.556. The highest BCUT2D eigenvalue weighted by molar-refractivity contribution is 4.26. The minimum absolute atomic E-state index is 0.267. The largest absolute Gasteiger partial charge is 0.597 e. The Morgan fingerprint density at radius 1 is 1.75 bits per heavy atom. The van der Waals surface area contributed by atoms with Crippen molar-refractivity contribution in [2.45, 2.75) is 19.8 Å². The molecule has 0 aliphatic carbocycles. The summed E-state index contributed by atoms with van der Waals surface area (Å²) >= 11 is 0. The summed E-state index contributed by atoms with van der Waals surface area (Å²) in [5.74, 6) is 0. The van der Waals surface area contributed by atoms with Crippen LogP contribution in [0.5, 0.6) is 0 Å². The van der Waals surface area contributed by atoms with E-state index in [1.807, 2.05) is 6.92 Å². The maximum atomic E-state index is 10.1. The molecule has 4 heteroatoms. The van der Waals surface area contributed by atoms with Gasteiger partial charge in [0.05, 0.1) is 0 Å². The molecular weight excluding hydrogens is 108 g/mol. The van der Waals surface area contributed by atoms with E-state index in [-0.39, 0.29) is 11.4 Å². The van der Waals surface area contributed by atoms with Gasteiger partial charge in [0.25, 0.3) is 0 Å². The fourth-order valence-corrected chi connectivity index (χ4v) is 0.338. The molecule has 0 rings (SSSR count). The summed E-state index contributed by atoms with van der Waals surface area (Å²) in [4.78, 5) is 0.267. The molecule has 48 valence electrons. The Morgan fingerprint density at radius 3 is 2.75 bits per heavy atom. The lowest BCUT2D eigenvalue weighted by Gasteiger charge is -1.93. The van der Waals surface area contributed by atoms with Crippen LogP contribution < -0.4 is 0 Å². The summed E-state index contributed by atoms with van der Waals surface area (Å²) in [7, 11) is 0. The molecule has 0 aliphatic heterocycles. The molecule has 0 atom stereocenters. The standard InChI is InChI=1S/C4H10N2O2/c1-2-3-4-6(8)5-7/h7H,2-4H2,1H3/b6-5-. The molecule has 8 heavy (non-hydrogen) atoms. The average Bonchev–Trinajstić information content (AvgIpc) is 1.83. The van der Waals surface area contributed by atoms with E-state index in [1.54, 1.807) is 0 Å². The number of rotatable bonds is 3. The number of hydroxylamine groups is 1. The number of unbranched alkanes of at least 4 members (excludes halogenated alkanes) is 1. The third-order valence-corrected chi connectivity index (χ3v) is 0.803. The van der Waals surface area contributed by atoms with Crippen LogP contribution in [0.3, 0.4) is 0 Å². The molecule has 0 aromatic heterocycles. The first-order chi connectivity index (χ1) is 3.81. The predicted molar refractivity (Wildman–Crippen MR) is 27.6 cm³/mol. The van der Waals surface area contributed by atoms with Crippen LogP contribution in [0.2, 0.25) is 0 Å². The Bertz CT molecular complexity index is 82.1. The third kappa shape index (κ3) is 3.39. The van der Waals surface area contributed by atoms with Crippen LogP contribution in [0, 0.1) is 5.21 Å². The summed E-state index contributed by atoms with van der Waals surface area (Å²) in [6, 6.07) is 0. The maximum Gasteiger partial charge on any atom is 0.197 e. The summed E-state index contributed by atoms with van der Waals surface area (Å²) < 4.78 is 0. The van der Waals surface area contributed by atoms with Gasteiger partial charge in [-0.15, -0.1) is 0 Å². The Hall–Kier alpha value is -0.800. The first kappa shape index (κ1) is 7.20. The van der Waals surface area contributed by atoms with E-state index < -0.39 is 0 Å². The van der Waals surface area contributed by atoms with Gasteiger partial charge in [0.15, 0.2) is 11.8 Å². The van der Waals surface area contributed by atoms with E-state index in [4.69, 9.17) is 5.21 Å². The second-order valence-corrected chi connectivity index (χ2v) is 1.52. The Morgan fingerprint density at radius 2 is 2.38 bits per heavy atom. The van der Waals surface area contributed by atoms with Gasteiger partial charge in [0.2, 0.25) is 0 Å². The van der Waals surface area contributed by atoms with Crippen molar-refractivity contribution < 1.29 is 10.1 Å². The lowest BCUT2D eigenvalue weighted by Crippen LogP contribution is -2.00. The number of nitrogens with zero attached hydrogens (tertiary/aromatic N) is 2. The van der Waals surface area contributed by atoms with E-state index in [1.165, 1.54) is 0 Å². The van der Waals surface area contributed by atoms with Crippen molar-refractivity contribution >= 4 is 0 Å². The van der Waals surface area contributed by atoms with Gasteiger partial charge in [-0.2, -0.15) is 0 Å². The van der Waals surface area contributed by atoms with Crippen LogP contribution in [0.15, 0.2) is 5.28 Å². The van der Waals surface area contributed by atoms with Gasteiger partial charge in [0.1, 0.15) is 0 Å². The van der Waals surface area contributed by atoms with Crippen molar-refractivity contribution in [3.05, 3.63) is 5.21 Å². The van der Waals surface area contributed by atoms with E-state index >= 15 is 0 Å². The van der Waals surface area contributed by atoms with Gasteiger partial charge >= 0.3 is 0 Å². The molecule has 0 aliphatic rings. The second-order valence-electron chi connectivity index (χ2n) is 1.52. The molecule has 0 saturated heterocycles. The van der Waals surface area contributed by atoms with Crippen molar-refractivity contribution in [3.8, 4) is 0 Å². The number of hydrogen-bond donors (Lipinski definition) is 1. The van der Waals surface area contributed by atoms with Crippen molar-refractivity contribution in [2.24, 2.45) is 5.28 Å². The fourth-order valence-electron chi connectivity index (χ4n) is 0.338. The summed E-state index contributed by atoms with van der Waals surface area (Å²) in [5, 5.41) is 20.3. The predicted octanol–water partition coefficient (Wildman–Crippen LogP) is 1.14. The quantitative estimate of drug-likeness (QED) is 0.343. The molecule has 0 radical (unpaired) electrons. The van der Waals surface area contributed by atoms with E-state index in [9.17, 15) is 5.21 Å².